The van der Waals surface area contributed by atoms with Gasteiger partial charge in [-0.2, -0.15) is 5.10 Å². The summed E-state index contributed by atoms with van der Waals surface area (Å²) in [7, 11) is 1.63. The number of hydrogen-bond acceptors (Lipinski definition) is 6. The number of methoxy groups -OCH3 is 1. The second-order valence-corrected chi connectivity index (χ2v) is 6.63. The molecule has 0 aliphatic rings. The Morgan fingerprint density at radius 2 is 2.07 bits per heavy atom. The third-order valence-corrected chi connectivity index (χ3v) is 4.79. The van der Waals surface area contributed by atoms with Crippen LogP contribution in [0.1, 0.15) is 16.1 Å². The van der Waals surface area contributed by atoms with Crippen molar-refractivity contribution in [2.24, 2.45) is 0 Å². The summed E-state index contributed by atoms with van der Waals surface area (Å²) in [6.07, 6.45) is 1.64. The van der Waals surface area contributed by atoms with Crippen LogP contribution in [0, 0.1) is 6.92 Å². The van der Waals surface area contributed by atoms with Crippen molar-refractivity contribution in [1.82, 2.24) is 15.2 Å². The van der Waals surface area contributed by atoms with Crippen molar-refractivity contribution in [2.75, 3.05) is 31.4 Å². The van der Waals surface area contributed by atoms with Crippen molar-refractivity contribution >= 4 is 39.1 Å². The molecule has 0 spiro atoms. The molecule has 8 nitrogen and oxygen atoms in total. The lowest BCUT2D eigenvalue weighted by Gasteiger charge is -2.09. The molecule has 0 bridgehead atoms. The number of fused-ring (bicyclic) bond motifs is 3. The Morgan fingerprint density at radius 3 is 2.90 bits per heavy atom. The van der Waals surface area contributed by atoms with Crippen LogP contribution in [0.2, 0.25) is 0 Å². The topological polar surface area (TPSA) is 115 Å². The highest BCUT2D eigenvalue weighted by molar-refractivity contribution is 6.16. The van der Waals surface area contributed by atoms with E-state index in [0.29, 0.717) is 35.9 Å². The number of hydrogen-bond donors (Lipinski definition) is 3. The van der Waals surface area contributed by atoms with Crippen LogP contribution in [0.4, 0.5) is 11.4 Å². The predicted octanol–water partition coefficient (Wildman–Crippen LogP) is 3.28. The third kappa shape index (κ3) is 3.57. The van der Waals surface area contributed by atoms with Gasteiger partial charge in [-0.05, 0) is 36.8 Å². The Labute approximate surface area is 167 Å². The maximum Gasteiger partial charge on any atom is 0.278 e. The summed E-state index contributed by atoms with van der Waals surface area (Å²) in [6.45, 7) is 2.82. The first-order chi connectivity index (χ1) is 14.1. The number of amides is 1. The van der Waals surface area contributed by atoms with Crippen molar-refractivity contribution in [3.8, 4) is 5.75 Å². The fourth-order valence-electron chi connectivity index (χ4n) is 3.18. The number of carbonyl (C=O) groups is 1. The number of nitrogens with two attached hydrogens (primary N) is 1. The largest absolute Gasteiger partial charge is 0.491 e. The van der Waals surface area contributed by atoms with Gasteiger partial charge in [0.2, 0.25) is 0 Å². The molecule has 4 N–H and O–H groups in total. The van der Waals surface area contributed by atoms with Gasteiger partial charge in [-0.3, -0.25) is 4.79 Å². The first-order valence-electron chi connectivity index (χ1n) is 9.14. The molecule has 2 heterocycles. The molecule has 4 aromatic rings. The SMILES string of the molecule is COCCOc1ccc2c(c1)[nH]c1c(C(=O)Nc3cccc(N)c3C)nncc12. The molecule has 0 saturated carbocycles. The number of nitrogens with one attached hydrogen (secondary N) is 2. The van der Waals surface area contributed by atoms with Gasteiger partial charge >= 0.3 is 0 Å². The molecule has 0 unspecified atom stereocenters. The molecular weight excluding hydrogens is 370 g/mol. The highest BCUT2D eigenvalue weighted by Crippen LogP contribution is 2.29. The summed E-state index contributed by atoms with van der Waals surface area (Å²) in [5.41, 5.74) is 9.63. The molecule has 2 aromatic carbocycles. The Bertz CT molecular complexity index is 1200. The summed E-state index contributed by atoms with van der Waals surface area (Å²) < 4.78 is 10.7. The van der Waals surface area contributed by atoms with Crippen molar-refractivity contribution in [1.29, 1.82) is 0 Å². The van der Waals surface area contributed by atoms with Crippen molar-refractivity contribution in [3.63, 3.8) is 0 Å². The number of aromatic nitrogens is 3. The first kappa shape index (κ1) is 18.7. The number of H-pyrrole nitrogens is 1. The fraction of sp³-hybridized carbons (Fsp3) is 0.190. The molecule has 0 fully saturated rings. The summed E-state index contributed by atoms with van der Waals surface area (Å²) in [4.78, 5) is 16.2. The first-order valence-corrected chi connectivity index (χ1v) is 9.14. The van der Waals surface area contributed by atoms with Gasteiger partial charge in [-0.1, -0.05) is 6.07 Å². The van der Waals surface area contributed by atoms with Crippen LogP contribution in [-0.2, 0) is 4.74 Å². The zero-order chi connectivity index (χ0) is 20.4. The number of carbonyl (C=O) groups excluding carboxylic acids is 1. The van der Waals surface area contributed by atoms with Gasteiger partial charge in [0.15, 0.2) is 5.69 Å². The van der Waals surface area contributed by atoms with Crippen LogP contribution >= 0.6 is 0 Å². The van der Waals surface area contributed by atoms with Gasteiger partial charge in [0.1, 0.15) is 12.4 Å². The third-order valence-electron chi connectivity index (χ3n) is 4.79. The highest BCUT2D eigenvalue weighted by Gasteiger charge is 2.18. The van der Waals surface area contributed by atoms with Gasteiger partial charge in [0, 0.05) is 35.3 Å². The number of ether oxygens (including phenoxy) is 2. The standard InChI is InChI=1S/C21H21N5O3/c1-12-16(22)4-3-5-17(12)25-21(27)20-19-15(11-23-26-20)14-7-6-13(10-18(14)24-19)29-9-8-28-2/h3-7,10-11,24H,8-9,22H2,1-2H3,(H,25,27). The maximum absolute atomic E-state index is 12.9. The zero-order valence-corrected chi connectivity index (χ0v) is 16.2. The quantitative estimate of drug-likeness (QED) is 0.343. The number of benzene rings is 2. The summed E-state index contributed by atoms with van der Waals surface area (Å²) in [5, 5.41) is 12.7. The summed E-state index contributed by atoms with van der Waals surface area (Å²) >= 11 is 0. The normalized spacial score (nSPS) is 11.1. The molecule has 0 atom stereocenters. The molecule has 2 aromatic heterocycles. The number of aromatic amines is 1. The van der Waals surface area contributed by atoms with E-state index in [1.54, 1.807) is 31.5 Å². The van der Waals surface area contributed by atoms with Gasteiger partial charge in [-0.15, -0.1) is 5.10 Å². The molecule has 0 aliphatic carbocycles. The molecular formula is C21H21N5O3. The Morgan fingerprint density at radius 1 is 1.21 bits per heavy atom. The number of anilines is 2. The van der Waals surface area contributed by atoms with Crippen LogP contribution < -0.4 is 15.8 Å². The lowest BCUT2D eigenvalue weighted by molar-refractivity contribution is 0.102. The highest BCUT2D eigenvalue weighted by atomic mass is 16.5. The molecule has 4 rings (SSSR count). The lowest BCUT2D eigenvalue weighted by atomic mass is 10.1. The molecule has 1 amide bonds. The average molecular weight is 391 g/mol. The van der Waals surface area contributed by atoms with Crippen molar-refractivity contribution in [2.45, 2.75) is 6.92 Å². The van der Waals surface area contributed by atoms with Crippen LogP contribution in [-0.4, -0.2) is 41.4 Å². The minimum Gasteiger partial charge on any atom is -0.491 e. The average Bonchev–Trinajstić information content (AvgIpc) is 3.09. The maximum atomic E-state index is 12.9. The Balaban J connectivity index is 1.70. The van der Waals surface area contributed by atoms with E-state index in [0.717, 1.165) is 21.9 Å². The van der Waals surface area contributed by atoms with E-state index in [1.165, 1.54) is 0 Å². The van der Waals surface area contributed by atoms with E-state index >= 15 is 0 Å². The number of nitrogen functional groups attached to an aromatic ring is 1. The van der Waals surface area contributed by atoms with Gasteiger partial charge in [-0.25, -0.2) is 0 Å². The van der Waals surface area contributed by atoms with E-state index in [1.807, 2.05) is 25.1 Å². The second kappa shape index (κ2) is 7.76. The Kier molecular flexibility index (Phi) is 5.01. The van der Waals surface area contributed by atoms with Gasteiger partial charge in [0.05, 0.1) is 23.8 Å². The second-order valence-electron chi connectivity index (χ2n) is 6.63. The van der Waals surface area contributed by atoms with Gasteiger partial charge in [0.25, 0.3) is 5.91 Å². The van der Waals surface area contributed by atoms with Gasteiger partial charge < -0.3 is 25.5 Å². The Hall–Kier alpha value is -3.65. The van der Waals surface area contributed by atoms with Crippen LogP contribution in [0.5, 0.6) is 5.75 Å². The molecule has 0 saturated heterocycles. The molecule has 8 heteroatoms. The van der Waals surface area contributed by atoms with E-state index in [2.05, 4.69) is 20.5 Å². The number of nitrogens with zero attached hydrogens (tertiary/aromatic N) is 2. The van der Waals surface area contributed by atoms with E-state index < -0.39 is 0 Å². The predicted molar refractivity (Wildman–Crippen MR) is 112 cm³/mol. The minimum absolute atomic E-state index is 0.211. The zero-order valence-electron chi connectivity index (χ0n) is 16.2. The fourth-order valence-corrected chi connectivity index (χ4v) is 3.18. The molecule has 148 valence electrons. The smallest absolute Gasteiger partial charge is 0.278 e. The van der Waals surface area contributed by atoms with Crippen molar-refractivity contribution < 1.29 is 14.3 Å². The molecule has 0 aliphatic heterocycles. The van der Waals surface area contributed by atoms with E-state index in [9.17, 15) is 4.79 Å². The molecule has 29 heavy (non-hydrogen) atoms. The monoisotopic (exact) mass is 391 g/mol. The van der Waals surface area contributed by atoms with Crippen LogP contribution in [0.3, 0.4) is 0 Å². The van der Waals surface area contributed by atoms with Crippen LogP contribution in [0.25, 0.3) is 21.8 Å². The summed E-state index contributed by atoms with van der Waals surface area (Å²) in [5.74, 6) is 0.350. The lowest BCUT2D eigenvalue weighted by Crippen LogP contribution is -2.16. The van der Waals surface area contributed by atoms with Crippen molar-refractivity contribution in [3.05, 3.63) is 53.9 Å². The van der Waals surface area contributed by atoms with E-state index in [4.69, 9.17) is 15.2 Å². The van der Waals surface area contributed by atoms with Crippen LogP contribution in [0.15, 0.2) is 42.6 Å². The minimum atomic E-state index is -0.361. The summed E-state index contributed by atoms with van der Waals surface area (Å²) in [6, 6.07) is 11.1. The number of rotatable bonds is 6. The molecule has 0 radical (unpaired) electrons. The van der Waals surface area contributed by atoms with E-state index in [-0.39, 0.29) is 11.6 Å².